The summed E-state index contributed by atoms with van der Waals surface area (Å²) in [5.74, 6) is -0.267. The molecule has 2 aliphatic heterocycles. The van der Waals surface area contributed by atoms with E-state index in [1.165, 1.54) is 4.90 Å². The van der Waals surface area contributed by atoms with Crippen LogP contribution >= 0.6 is 0 Å². The van der Waals surface area contributed by atoms with Crippen LogP contribution in [0.3, 0.4) is 0 Å². The molecule has 0 saturated carbocycles. The maximum atomic E-state index is 12.6. The molecule has 4 amide bonds. The lowest BCUT2D eigenvalue weighted by Gasteiger charge is -2.29. The van der Waals surface area contributed by atoms with Crippen LogP contribution in [0.2, 0.25) is 0 Å². The molecule has 1 aromatic carbocycles. The summed E-state index contributed by atoms with van der Waals surface area (Å²) < 4.78 is 42.3. The van der Waals surface area contributed by atoms with E-state index in [0.717, 1.165) is 5.56 Å². The summed E-state index contributed by atoms with van der Waals surface area (Å²) in [5, 5.41) is 14.3. The summed E-state index contributed by atoms with van der Waals surface area (Å²) >= 11 is 0. The Kier molecular flexibility index (Phi) is 8.08. The number of rotatable bonds is 9. The SMILES string of the molecule is CC(C)(C)OC(=O)NCCC(=O)Nc1ccc(-c2cn(C[C@@H]3CC[C@@H]4CN3C(=O)N4OS(=O)(=O)O)nn2)cc1. The Labute approximate surface area is 225 Å². The predicted molar refractivity (Wildman–Crippen MR) is 136 cm³/mol. The number of carbonyl (C=O) groups excluding carboxylic acids is 3. The first-order chi connectivity index (χ1) is 18.3. The highest BCUT2D eigenvalue weighted by molar-refractivity contribution is 7.80. The Bertz CT molecular complexity index is 1320. The zero-order valence-electron chi connectivity index (χ0n) is 21.7. The van der Waals surface area contributed by atoms with Gasteiger partial charge in [0.05, 0.1) is 24.8 Å². The van der Waals surface area contributed by atoms with Gasteiger partial charge in [0.2, 0.25) is 5.91 Å². The van der Waals surface area contributed by atoms with Crippen molar-refractivity contribution in [2.24, 2.45) is 0 Å². The molecule has 4 rings (SSSR count). The van der Waals surface area contributed by atoms with Crippen LogP contribution in [0.1, 0.15) is 40.0 Å². The molecule has 0 unspecified atom stereocenters. The van der Waals surface area contributed by atoms with Gasteiger partial charge >= 0.3 is 22.5 Å². The largest absolute Gasteiger partial charge is 0.444 e. The van der Waals surface area contributed by atoms with Crippen molar-refractivity contribution in [1.29, 1.82) is 0 Å². The van der Waals surface area contributed by atoms with Crippen LogP contribution in [-0.4, -0.2) is 86.7 Å². The summed E-state index contributed by atoms with van der Waals surface area (Å²) in [4.78, 5) is 37.9. The molecule has 39 heavy (non-hydrogen) atoms. The number of piperidine rings is 1. The van der Waals surface area contributed by atoms with Crippen LogP contribution < -0.4 is 10.6 Å². The molecule has 2 saturated heterocycles. The highest BCUT2D eigenvalue weighted by Crippen LogP contribution is 2.31. The number of aromatic nitrogens is 3. The summed E-state index contributed by atoms with van der Waals surface area (Å²) in [6.45, 7) is 6.03. The summed E-state index contributed by atoms with van der Waals surface area (Å²) in [7, 11) is -4.80. The number of carbonyl (C=O) groups is 3. The van der Waals surface area contributed by atoms with E-state index >= 15 is 0 Å². The zero-order valence-corrected chi connectivity index (χ0v) is 22.5. The topological polar surface area (TPSA) is 185 Å². The first-order valence-electron chi connectivity index (χ1n) is 12.3. The Hall–Kier alpha value is -3.76. The van der Waals surface area contributed by atoms with Crippen molar-refractivity contribution in [3.8, 4) is 11.3 Å². The second-order valence-electron chi connectivity index (χ2n) is 10.3. The van der Waals surface area contributed by atoms with Gasteiger partial charge in [-0.05, 0) is 45.7 Å². The van der Waals surface area contributed by atoms with Gasteiger partial charge in [-0.25, -0.2) is 14.3 Å². The number of nitrogens with one attached hydrogen (secondary N) is 2. The van der Waals surface area contributed by atoms with Crippen molar-refractivity contribution in [2.45, 2.75) is 64.3 Å². The molecule has 2 aromatic rings. The maximum Gasteiger partial charge on any atom is 0.418 e. The van der Waals surface area contributed by atoms with Gasteiger partial charge in [0, 0.05) is 30.8 Å². The predicted octanol–water partition coefficient (Wildman–Crippen LogP) is 1.80. The molecule has 0 spiro atoms. The monoisotopic (exact) mass is 565 g/mol. The molecule has 212 valence electrons. The Balaban J connectivity index is 1.27. The fourth-order valence-electron chi connectivity index (χ4n) is 4.38. The average molecular weight is 566 g/mol. The second-order valence-corrected chi connectivity index (χ2v) is 11.3. The maximum absolute atomic E-state index is 12.6. The first kappa shape index (κ1) is 28.3. The Morgan fingerprint density at radius 1 is 1.18 bits per heavy atom. The third kappa shape index (κ3) is 7.64. The highest BCUT2D eigenvalue weighted by Gasteiger charge is 2.47. The van der Waals surface area contributed by atoms with E-state index in [1.807, 2.05) is 0 Å². The number of nitrogens with zero attached hydrogens (tertiary/aromatic N) is 5. The number of alkyl carbamates (subject to hydrolysis) is 1. The standard InChI is InChI=1S/C23H31N7O8S/c1-23(2,3)37-21(32)24-11-10-20(31)25-16-6-4-15(5-7-16)19-14-28(27-26-19)12-17-8-9-18-13-29(17)22(33)30(18)38-39(34,35)36/h4-7,14,17-18H,8-13H2,1-3H3,(H,24,32)(H,25,31)(H,34,35,36)/t17-,18+/m0/s1. The van der Waals surface area contributed by atoms with E-state index in [4.69, 9.17) is 9.29 Å². The molecule has 15 nitrogen and oxygen atoms in total. The minimum atomic E-state index is -4.80. The molecule has 2 bridgehead atoms. The summed E-state index contributed by atoms with van der Waals surface area (Å²) in [6.07, 6.45) is 2.33. The second kappa shape index (κ2) is 11.2. The van der Waals surface area contributed by atoms with Gasteiger partial charge < -0.3 is 20.3 Å². The van der Waals surface area contributed by atoms with Gasteiger partial charge in [-0.15, -0.1) is 9.38 Å². The van der Waals surface area contributed by atoms with Gasteiger partial charge in [-0.2, -0.15) is 13.5 Å². The number of urea groups is 1. The smallest absolute Gasteiger partial charge is 0.418 e. The van der Waals surface area contributed by atoms with Crippen molar-refractivity contribution < 1.29 is 36.4 Å². The normalized spacial score (nSPS) is 19.2. The van der Waals surface area contributed by atoms with E-state index in [-0.39, 0.29) is 31.5 Å². The molecular formula is C23H31N7O8S. The van der Waals surface area contributed by atoms with Crippen LogP contribution in [0.15, 0.2) is 30.5 Å². The summed E-state index contributed by atoms with van der Waals surface area (Å²) in [5.41, 5.74) is 1.32. The third-order valence-corrected chi connectivity index (χ3v) is 6.39. The van der Waals surface area contributed by atoms with E-state index < -0.39 is 34.2 Å². The molecule has 0 radical (unpaired) electrons. The lowest BCUT2D eigenvalue weighted by Crippen LogP contribution is -2.42. The van der Waals surface area contributed by atoms with Crippen LogP contribution in [-0.2, 0) is 30.8 Å². The molecule has 1 aromatic heterocycles. The quantitative estimate of drug-likeness (QED) is 0.379. The first-order valence-corrected chi connectivity index (χ1v) is 13.7. The van der Waals surface area contributed by atoms with E-state index in [9.17, 15) is 22.8 Å². The molecular weight excluding hydrogens is 534 g/mol. The van der Waals surface area contributed by atoms with Gasteiger partial charge in [0.1, 0.15) is 11.3 Å². The molecule has 2 fully saturated rings. The zero-order chi connectivity index (χ0) is 28.4. The summed E-state index contributed by atoms with van der Waals surface area (Å²) in [6, 6.07) is 5.68. The highest BCUT2D eigenvalue weighted by atomic mass is 32.3. The van der Waals surface area contributed by atoms with Crippen LogP contribution in [0, 0.1) is 0 Å². The van der Waals surface area contributed by atoms with E-state index in [1.54, 1.807) is 55.9 Å². The molecule has 2 aliphatic rings. The van der Waals surface area contributed by atoms with E-state index in [2.05, 4.69) is 25.2 Å². The molecule has 3 N–H and O–H groups in total. The van der Waals surface area contributed by atoms with Crippen molar-refractivity contribution in [1.82, 2.24) is 30.3 Å². The molecule has 0 aliphatic carbocycles. The average Bonchev–Trinajstić information content (AvgIpc) is 3.38. The van der Waals surface area contributed by atoms with Crippen molar-refractivity contribution >= 4 is 34.1 Å². The van der Waals surface area contributed by atoms with E-state index in [0.29, 0.717) is 35.8 Å². The fraction of sp³-hybridized carbons (Fsp3) is 0.522. The Morgan fingerprint density at radius 2 is 1.90 bits per heavy atom. The molecule has 2 atom stereocenters. The number of hydrogen-bond donors (Lipinski definition) is 3. The molecule has 3 heterocycles. The van der Waals surface area contributed by atoms with Crippen molar-refractivity contribution in [2.75, 3.05) is 18.4 Å². The van der Waals surface area contributed by atoms with Crippen LogP contribution in [0.25, 0.3) is 11.3 Å². The number of ether oxygens (including phenoxy) is 1. The lowest BCUT2D eigenvalue weighted by molar-refractivity contribution is -0.116. The molecule has 16 heteroatoms. The van der Waals surface area contributed by atoms with Gasteiger partial charge in [0.25, 0.3) is 0 Å². The number of anilines is 1. The van der Waals surface area contributed by atoms with Crippen molar-refractivity contribution in [3.63, 3.8) is 0 Å². The number of amides is 4. The minimum absolute atomic E-state index is 0.0798. The third-order valence-electron chi connectivity index (χ3n) is 6.04. The van der Waals surface area contributed by atoms with Gasteiger partial charge in [0.15, 0.2) is 0 Å². The number of benzene rings is 1. The van der Waals surface area contributed by atoms with Crippen LogP contribution in [0.5, 0.6) is 0 Å². The van der Waals surface area contributed by atoms with Crippen LogP contribution in [0.4, 0.5) is 15.3 Å². The number of fused-ring (bicyclic) bond motifs is 2. The fourth-order valence-corrected chi connectivity index (χ4v) is 4.76. The van der Waals surface area contributed by atoms with Gasteiger partial charge in [-0.1, -0.05) is 17.3 Å². The minimum Gasteiger partial charge on any atom is -0.444 e. The van der Waals surface area contributed by atoms with Gasteiger partial charge in [-0.3, -0.25) is 9.35 Å². The number of hydrogen-bond acceptors (Lipinski definition) is 9. The Morgan fingerprint density at radius 3 is 2.56 bits per heavy atom. The van der Waals surface area contributed by atoms with Crippen molar-refractivity contribution in [3.05, 3.63) is 30.5 Å². The lowest BCUT2D eigenvalue weighted by atomic mass is 10.0. The number of hydroxylamine groups is 2.